The molecule has 0 saturated carbocycles. The number of piperidine rings is 1. The van der Waals surface area contributed by atoms with E-state index in [2.05, 4.69) is 57.5 Å². The van der Waals surface area contributed by atoms with Crippen LogP contribution in [0.15, 0.2) is 0 Å². The van der Waals surface area contributed by atoms with Crippen LogP contribution in [0.3, 0.4) is 0 Å². The number of carbonyl (C=O) groups excluding carboxylic acids is 1. The van der Waals surface area contributed by atoms with Crippen LogP contribution in [-0.2, 0) is 4.79 Å². The Kier molecular flexibility index (Phi) is 8.36. The number of hydrogen-bond acceptors (Lipinski definition) is 3. The third-order valence-corrected chi connectivity index (χ3v) is 3.38. The predicted molar refractivity (Wildman–Crippen MR) is 87.0 cm³/mol. The van der Waals surface area contributed by atoms with Gasteiger partial charge in [-0.05, 0) is 53.6 Å². The standard InChI is InChI=1S/C12H24N2O.C4H11N/c1-6-10(15)13-9-7-11(2,3)14-12(4,5)8-9;1-3-5-4-2/h9,14H,6-8H2,1-5H3,(H,13,15);5H,3-4H2,1-2H3. The Balaban J connectivity index is 0.000000621. The average molecular weight is 285 g/mol. The van der Waals surface area contributed by atoms with Gasteiger partial charge < -0.3 is 16.0 Å². The molecule has 1 heterocycles. The Morgan fingerprint density at radius 1 is 1.05 bits per heavy atom. The Bertz CT molecular complexity index is 269. The van der Waals surface area contributed by atoms with Crippen molar-refractivity contribution < 1.29 is 4.79 Å². The Morgan fingerprint density at radius 3 is 1.80 bits per heavy atom. The lowest BCUT2D eigenvalue weighted by atomic mass is 9.79. The fourth-order valence-electron chi connectivity index (χ4n) is 3.00. The van der Waals surface area contributed by atoms with Gasteiger partial charge in [0, 0.05) is 23.5 Å². The van der Waals surface area contributed by atoms with E-state index in [-0.39, 0.29) is 17.0 Å². The molecule has 0 aromatic rings. The summed E-state index contributed by atoms with van der Waals surface area (Å²) in [5, 5.41) is 9.81. The summed E-state index contributed by atoms with van der Waals surface area (Å²) in [5.74, 6) is 0.161. The fourth-order valence-corrected chi connectivity index (χ4v) is 3.00. The lowest BCUT2D eigenvalue weighted by Crippen LogP contribution is -2.62. The summed E-state index contributed by atoms with van der Waals surface area (Å²) in [4.78, 5) is 11.4. The number of carbonyl (C=O) groups is 1. The van der Waals surface area contributed by atoms with Gasteiger partial charge in [-0.15, -0.1) is 0 Å². The molecule has 4 nitrogen and oxygen atoms in total. The Labute approximate surface area is 125 Å². The lowest BCUT2D eigenvalue weighted by Gasteiger charge is -2.46. The first-order valence-electron chi connectivity index (χ1n) is 7.95. The van der Waals surface area contributed by atoms with Crippen LogP contribution in [0.25, 0.3) is 0 Å². The first-order valence-corrected chi connectivity index (χ1v) is 7.95. The quantitative estimate of drug-likeness (QED) is 0.743. The zero-order chi connectivity index (χ0) is 15.8. The number of nitrogens with one attached hydrogen (secondary N) is 3. The van der Waals surface area contributed by atoms with Gasteiger partial charge in [0.05, 0.1) is 0 Å². The van der Waals surface area contributed by atoms with E-state index < -0.39 is 0 Å². The van der Waals surface area contributed by atoms with Crippen molar-refractivity contribution in [2.45, 2.75) is 84.8 Å². The van der Waals surface area contributed by atoms with Crippen LogP contribution in [0.1, 0.15) is 67.7 Å². The van der Waals surface area contributed by atoms with E-state index in [0.29, 0.717) is 12.5 Å². The summed E-state index contributed by atoms with van der Waals surface area (Å²) >= 11 is 0. The lowest BCUT2D eigenvalue weighted by molar-refractivity contribution is -0.122. The van der Waals surface area contributed by atoms with E-state index in [1.165, 1.54) is 0 Å². The number of hydrogen-bond donors (Lipinski definition) is 3. The molecule has 1 fully saturated rings. The summed E-state index contributed by atoms with van der Waals surface area (Å²) in [6, 6.07) is 0.309. The molecule has 0 aromatic heterocycles. The number of amides is 1. The van der Waals surface area contributed by atoms with Crippen molar-refractivity contribution in [3.63, 3.8) is 0 Å². The van der Waals surface area contributed by atoms with Crippen molar-refractivity contribution in [2.75, 3.05) is 13.1 Å². The van der Waals surface area contributed by atoms with Gasteiger partial charge in [0.2, 0.25) is 5.91 Å². The summed E-state index contributed by atoms with van der Waals surface area (Å²) < 4.78 is 0. The van der Waals surface area contributed by atoms with Gasteiger partial charge in [-0.3, -0.25) is 4.79 Å². The second kappa shape index (κ2) is 8.63. The van der Waals surface area contributed by atoms with Gasteiger partial charge in [0.15, 0.2) is 0 Å². The molecule has 20 heavy (non-hydrogen) atoms. The minimum atomic E-state index is 0.105. The molecule has 1 rings (SSSR count). The molecule has 4 heteroatoms. The van der Waals surface area contributed by atoms with Crippen LogP contribution in [0, 0.1) is 0 Å². The maximum Gasteiger partial charge on any atom is 0.219 e. The fraction of sp³-hybridized carbons (Fsp3) is 0.938. The molecular weight excluding hydrogens is 250 g/mol. The molecule has 1 amide bonds. The van der Waals surface area contributed by atoms with Crippen LogP contribution in [0.2, 0.25) is 0 Å². The van der Waals surface area contributed by atoms with E-state index in [0.717, 1.165) is 25.9 Å². The molecule has 0 spiro atoms. The van der Waals surface area contributed by atoms with E-state index >= 15 is 0 Å². The summed E-state index contributed by atoms with van der Waals surface area (Å²) in [6.07, 6.45) is 2.58. The first kappa shape index (κ1) is 19.4. The minimum absolute atomic E-state index is 0.105. The zero-order valence-corrected chi connectivity index (χ0v) is 14.5. The van der Waals surface area contributed by atoms with E-state index in [1.54, 1.807) is 0 Å². The smallest absolute Gasteiger partial charge is 0.219 e. The van der Waals surface area contributed by atoms with Crippen LogP contribution < -0.4 is 16.0 Å². The topological polar surface area (TPSA) is 53.2 Å². The highest BCUT2D eigenvalue weighted by Crippen LogP contribution is 2.28. The van der Waals surface area contributed by atoms with Crippen molar-refractivity contribution in [3.8, 4) is 0 Å². The summed E-state index contributed by atoms with van der Waals surface area (Å²) in [6.45, 7) is 17.1. The van der Waals surface area contributed by atoms with Crippen LogP contribution in [0.5, 0.6) is 0 Å². The van der Waals surface area contributed by atoms with Crippen molar-refractivity contribution in [2.24, 2.45) is 0 Å². The van der Waals surface area contributed by atoms with Crippen molar-refractivity contribution in [3.05, 3.63) is 0 Å². The van der Waals surface area contributed by atoms with Crippen molar-refractivity contribution in [1.82, 2.24) is 16.0 Å². The highest BCUT2D eigenvalue weighted by Gasteiger charge is 2.37. The molecule has 1 aliphatic rings. The third kappa shape index (κ3) is 8.54. The van der Waals surface area contributed by atoms with Gasteiger partial charge in [-0.2, -0.15) is 0 Å². The average Bonchev–Trinajstić information content (AvgIpc) is 2.26. The molecule has 1 saturated heterocycles. The maximum atomic E-state index is 11.4. The molecular formula is C16H35N3O. The highest BCUT2D eigenvalue weighted by molar-refractivity contribution is 5.75. The predicted octanol–water partition coefficient (Wildman–Crippen LogP) is 2.44. The molecule has 0 atom stereocenters. The molecule has 0 aromatic carbocycles. The van der Waals surface area contributed by atoms with Crippen LogP contribution in [0.4, 0.5) is 0 Å². The van der Waals surface area contributed by atoms with Crippen LogP contribution in [-0.4, -0.2) is 36.1 Å². The number of rotatable bonds is 4. The van der Waals surface area contributed by atoms with Crippen molar-refractivity contribution >= 4 is 5.91 Å². The molecule has 0 bridgehead atoms. The summed E-state index contributed by atoms with van der Waals surface area (Å²) in [5.41, 5.74) is 0.209. The second-order valence-electron chi connectivity index (χ2n) is 6.88. The zero-order valence-electron chi connectivity index (χ0n) is 14.5. The van der Waals surface area contributed by atoms with Gasteiger partial charge in [-0.25, -0.2) is 0 Å². The largest absolute Gasteiger partial charge is 0.353 e. The van der Waals surface area contributed by atoms with E-state index in [1.807, 2.05) is 6.92 Å². The maximum absolute atomic E-state index is 11.4. The molecule has 3 N–H and O–H groups in total. The van der Waals surface area contributed by atoms with E-state index in [9.17, 15) is 4.79 Å². The normalized spacial score (nSPS) is 20.8. The molecule has 120 valence electrons. The first-order chi connectivity index (χ1) is 9.15. The second-order valence-corrected chi connectivity index (χ2v) is 6.88. The van der Waals surface area contributed by atoms with E-state index in [4.69, 9.17) is 0 Å². The van der Waals surface area contributed by atoms with Gasteiger partial charge in [0.25, 0.3) is 0 Å². The molecule has 0 unspecified atom stereocenters. The molecule has 1 aliphatic heterocycles. The van der Waals surface area contributed by atoms with Gasteiger partial charge in [0.1, 0.15) is 0 Å². The molecule has 0 radical (unpaired) electrons. The third-order valence-electron chi connectivity index (χ3n) is 3.38. The van der Waals surface area contributed by atoms with Gasteiger partial charge >= 0.3 is 0 Å². The SMILES string of the molecule is CCC(=O)NC1CC(C)(C)NC(C)(C)C1.CCNCC. The Hall–Kier alpha value is -0.610. The monoisotopic (exact) mass is 285 g/mol. The van der Waals surface area contributed by atoms with Crippen LogP contribution >= 0.6 is 0 Å². The highest BCUT2D eigenvalue weighted by atomic mass is 16.1. The Morgan fingerprint density at radius 2 is 1.50 bits per heavy atom. The van der Waals surface area contributed by atoms with Gasteiger partial charge in [-0.1, -0.05) is 20.8 Å². The molecule has 0 aliphatic carbocycles. The van der Waals surface area contributed by atoms with Crippen molar-refractivity contribution in [1.29, 1.82) is 0 Å². The summed E-state index contributed by atoms with van der Waals surface area (Å²) in [7, 11) is 0. The minimum Gasteiger partial charge on any atom is -0.353 e.